The van der Waals surface area contributed by atoms with Crippen LogP contribution < -0.4 is 5.32 Å². The highest BCUT2D eigenvalue weighted by molar-refractivity contribution is 5.95. The molecule has 1 aromatic rings. The average molecular weight is 221 g/mol. The summed E-state index contributed by atoms with van der Waals surface area (Å²) in [4.78, 5) is 21.6. The number of hydrogen-bond acceptors (Lipinski definition) is 3. The quantitative estimate of drug-likeness (QED) is 0.719. The largest absolute Gasteiger partial charge is 0.478 e. The first-order chi connectivity index (χ1) is 7.56. The first-order valence-corrected chi connectivity index (χ1v) is 4.94. The van der Waals surface area contributed by atoms with Gasteiger partial charge in [-0.1, -0.05) is 0 Å². The fraction of sp³-hybridized carbons (Fsp3) is 0.273. The lowest BCUT2D eigenvalue weighted by Gasteiger charge is -2.07. The Morgan fingerprint density at radius 2 is 1.56 bits per heavy atom. The van der Waals surface area contributed by atoms with Crippen LogP contribution in [-0.2, 0) is 0 Å². The first-order valence-electron chi connectivity index (χ1n) is 4.94. The third-order valence-corrected chi connectivity index (χ3v) is 2.38. The van der Waals surface area contributed by atoms with Gasteiger partial charge in [0.25, 0.3) is 0 Å². The van der Waals surface area contributed by atoms with Crippen LogP contribution in [0.25, 0.3) is 0 Å². The van der Waals surface area contributed by atoms with Gasteiger partial charge in [-0.2, -0.15) is 0 Å². The van der Waals surface area contributed by atoms with Crippen molar-refractivity contribution in [3.05, 3.63) is 29.3 Å². The second kappa shape index (κ2) is 3.84. The van der Waals surface area contributed by atoms with Crippen LogP contribution >= 0.6 is 0 Å². The van der Waals surface area contributed by atoms with Gasteiger partial charge in [0, 0.05) is 11.7 Å². The van der Waals surface area contributed by atoms with E-state index in [0.717, 1.165) is 18.9 Å². The van der Waals surface area contributed by atoms with Gasteiger partial charge in [-0.05, 0) is 31.0 Å². The van der Waals surface area contributed by atoms with Gasteiger partial charge in [-0.25, -0.2) is 9.59 Å². The molecule has 2 rings (SSSR count). The van der Waals surface area contributed by atoms with Crippen LogP contribution in [0.3, 0.4) is 0 Å². The van der Waals surface area contributed by atoms with Crippen molar-refractivity contribution in [3.8, 4) is 0 Å². The van der Waals surface area contributed by atoms with Crippen molar-refractivity contribution in [2.45, 2.75) is 18.9 Å². The van der Waals surface area contributed by atoms with E-state index < -0.39 is 11.9 Å². The minimum Gasteiger partial charge on any atom is -0.478 e. The highest BCUT2D eigenvalue weighted by atomic mass is 16.4. The predicted molar refractivity (Wildman–Crippen MR) is 57.0 cm³/mol. The molecular formula is C11H11NO4. The molecule has 84 valence electrons. The molecule has 0 saturated heterocycles. The average Bonchev–Trinajstić information content (AvgIpc) is 3.01. The molecule has 0 unspecified atom stereocenters. The monoisotopic (exact) mass is 221 g/mol. The molecule has 0 bridgehead atoms. The molecule has 1 fully saturated rings. The summed E-state index contributed by atoms with van der Waals surface area (Å²) >= 11 is 0. The second-order valence-corrected chi connectivity index (χ2v) is 3.83. The van der Waals surface area contributed by atoms with Gasteiger partial charge in [0.2, 0.25) is 0 Å². The van der Waals surface area contributed by atoms with E-state index in [1.54, 1.807) is 0 Å². The van der Waals surface area contributed by atoms with E-state index in [0.29, 0.717) is 11.7 Å². The standard InChI is InChI=1S/C11H11NO4/c13-10(14)6-3-7(11(15)16)5-9(4-6)12-8-1-2-8/h3-5,8,12H,1-2H2,(H,13,14)(H,15,16). The Bertz CT molecular complexity index is 419. The lowest BCUT2D eigenvalue weighted by molar-refractivity contribution is 0.0696. The Labute approximate surface area is 91.7 Å². The van der Waals surface area contributed by atoms with E-state index in [1.165, 1.54) is 12.1 Å². The third kappa shape index (κ3) is 2.31. The predicted octanol–water partition coefficient (Wildman–Crippen LogP) is 1.66. The number of anilines is 1. The molecule has 1 aliphatic rings. The zero-order valence-corrected chi connectivity index (χ0v) is 8.43. The summed E-state index contributed by atoms with van der Waals surface area (Å²) in [5.41, 5.74) is 0.533. The molecule has 1 saturated carbocycles. The molecule has 5 heteroatoms. The zero-order chi connectivity index (χ0) is 11.7. The maximum absolute atomic E-state index is 10.8. The lowest BCUT2D eigenvalue weighted by atomic mass is 10.1. The Morgan fingerprint density at radius 1 is 1.06 bits per heavy atom. The highest BCUT2D eigenvalue weighted by Gasteiger charge is 2.22. The van der Waals surface area contributed by atoms with E-state index >= 15 is 0 Å². The van der Waals surface area contributed by atoms with E-state index in [9.17, 15) is 9.59 Å². The molecule has 3 N–H and O–H groups in total. The topological polar surface area (TPSA) is 86.6 Å². The summed E-state index contributed by atoms with van der Waals surface area (Å²) in [6, 6.07) is 4.41. The van der Waals surface area contributed by atoms with Crippen molar-refractivity contribution in [1.29, 1.82) is 0 Å². The van der Waals surface area contributed by atoms with Crippen LogP contribution in [0.2, 0.25) is 0 Å². The molecule has 0 atom stereocenters. The molecular weight excluding hydrogens is 210 g/mol. The zero-order valence-electron chi connectivity index (χ0n) is 8.43. The van der Waals surface area contributed by atoms with Crippen LogP contribution in [0.15, 0.2) is 18.2 Å². The van der Waals surface area contributed by atoms with Crippen molar-refractivity contribution in [3.63, 3.8) is 0 Å². The lowest BCUT2D eigenvalue weighted by Crippen LogP contribution is -2.07. The van der Waals surface area contributed by atoms with Gasteiger partial charge in [0.05, 0.1) is 11.1 Å². The second-order valence-electron chi connectivity index (χ2n) is 3.83. The number of rotatable bonds is 4. The van der Waals surface area contributed by atoms with Gasteiger partial charge >= 0.3 is 11.9 Å². The van der Waals surface area contributed by atoms with Crippen LogP contribution in [0.4, 0.5) is 5.69 Å². The number of aromatic carboxylic acids is 2. The fourth-order valence-corrected chi connectivity index (χ4v) is 1.42. The summed E-state index contributed by atoms with van der Waals surface area (Å²) in [6.07, 6.45) is 2.08. The SMILES string of the molecule is O=C(O)c1cc(NC2CC2)cc(C(=O)O)c1. The van der Waals surface area contributed by atoms with Gasteiger partial charge in [0.15, 0.2) is 0 Å². The van der Waals surface area contributed by atoms with Crippen molar-refractivity contribution >= 4 is 17.6 Å². The Balaban J connectivity index is 2.35. The Hall–Kier alpha value is -2.04. The molecule has 5 nitrogen and oxygen atoms in total. The molecule has 16 heavy (non-hydrogen) atoms. The number of benzene rings is 1. The molecule has 1 aliphatic carbocycles. The maximum Gasteiger partial charge on any atom is 0.335 e. The molecule has 0 aromatic heterocycles. The normalized spacial score (nSPS) is 14.5. The minimum absolute atomic E-state index is 0.0111. The van der Waals surface area contributed by atoms with Crippen LogP contribution in [0.5, 0.6) is 0 Å². The number of nitrogens with one attached hydrogen (secondary N) is 1. The molecule has 0 aliphatic heterocycles. The van der Waals surface area contributed by atoms with Gasteiger partial charge in [0.1, 0.15) is 0 Å². The van der Waals surface area contributed by atoms with Crippen molar-refractivity contribution < 1.29 is 19.8 Å². The van der Waals surface area contributed by atoms with Crippen LogP contribution in [0.1, 0.15) is 33.6 Å². The first kappa shape index (κ1) is 10.5. The van der Waals surface area contributed by atoms with E-state index in [2.05, 4.69) is 5.32 Å². The number of carboxylic acids is 2. The highest BCUT2D eigenvalue weighted by Crippen LogP contribution is 2.26. The van der Waals surface area contributed by atoms with Crippen molar-refractivity contribution in [2.75, 3.05) is 5.32 Å². The summed E-state index contributed by atoms with van der Waals surface area (Å²) in [5.74, 6) is -2.25. The molecule has 0 spiro atoms. The number of carboxylic acid groups (broad SMARTS) is 2. The summed E-state index contributed by atoms with van der Waals surface area (Å²) in [7, 11) is 0. The summed E-state index contributed by atoms with van der Waals surface area (Å²) in [6.45, 7) is 0. The van der Waals surface area contributed by atoms with Crippen molar-refractivity contribution in [2.24, 2.45) is 0 Å². The number of hydrogen-bond donors (Lipinski definition) is 3. The Morgan fingerprint density at radius 3 is 1.94 bits per heavy atom. The number of carbonyl (C=O) groups is 2. The van der Waals surface area contributed by atoms with Gasteiger partial charge < -0.3 is 15.5 Å². The van der Waals surface area contributed by atoms with Gasteiger partial charge in [-0.3, -0.25) is 0 Å². The minimum atomic E-state index is -1.12. The third-order valence-electron chi connectivity index (χ3n) is 2.38. The van der Waals surface area contributed by atoms with E-state index in [-0.39, 0.29) is 11.1 Å². The maximum atomic E-state index is 10.8. The van der Waals surface area contributed by atoms with Gasteiger partial charge in [-0.15, -0.1) is 0 Å². The molecule has 0 radical (unpaired) electrons. The molecule has 1 aromatic carbocycles. The van der Waals surface area contributed by atoms with Crippen molar-refractivity contribution in [1.82, 2.24) is 0 Å². The van der Waals surface area contributed by atoms with Crippen LogP contribution in [-0.4, -0.2) is 28.2 Å². The summed E-state index contributed by atoms with van der Waals surface area (Å²) < 4.78 is 0. The smallest absolute Gasteiger partial charge is 0.335 e. The molecule has 0 amide bonds. The van der Waals surface area contributed by atoms with Crippen LogP contribution in [0, 0.1) is 0 Å². The summed E-state index contributed by atoms with van der Waals surface area (Å²) in [5, 5.41) is 20.8. The van der Waals surface area contributed by atoms with E-state index in [1.807, 2.05) is 0 Å². The molecule has 0 heterocycles. The Kier molecular flexibility index (Phi) is 2.52. The van der Waals surface area contributed by atoms with E-state index in [4.69, 9.17) is 10.2 Å². The fourth-order valence-electron chi connectivity index (χ4n) is 1.42.